The first-order valence-electron chi connectivity index (χ1n) is 7.69. The maximum atomic E-state index is 12.8. The van der Waals surface area contributed by atoms with E-state index >= 15 is 0 Å². The van der Waals surface area contributed by atoms with Crippen LogP contribution < -0.4 is 0 Å². The van der Waals surface area contributed by atoms with Crippen molar-refractivity contribution in [3.8, 4) is 0 Å². The second kappa shape index (κ2) is 7.53. The maximum Gasteiger partial charge on any atom is 0.162 e. The molecule has 1 fully saturated rings. The molecule has 0 radical (unpaired) electrons. The van der Waals surface area contributed by atoms with E-state index in [1.165, 1.54) is 37.8 Å². The Labute approximate surface area is 121 Å². The lowest BCUT2D eigenvalue weighted by Gasteiger charge is -2.26. The van der Waals surface area contributed by atoms with Gasteiger partial charge in [0.05, 0.1) is 0 Å². The second-order valence-corrected chi connectivity index (χ2v) is 5.77. The van der Waals surface area contributed by atoms with Gasteiger partial charge >= 0.3 is 0 Å². The third-order valence-electron chi connectivity index (χ3n) is 4.21. The molecule has 1 aromatic rings. The van der Waals surface area contributed by atoms with Gasteiger partial charge in [-0.2, -0.15) is 0 Å². The summed E-state index contributed by atoms with van der Waals surface area (Å²) in [5.41, 5.74) is 0.621. The van der Waals surface area contributed by atoms with E-state index in [0.29, 0.717) is 18.0 Å². The van der Waals surface area contributed by atoms with Crippen LogP contribution in [0, 0.1) is 5.82 Å². The highest BCUT2D eigenvalue weighted by Crippen LogP contribution is 2.17. The molecule has 2 rings (SSSR count). The molecular formula is C17H24FNO. The molecule has 0 bridgehead atoms. The van der Waals surface area contributed by atoms with Crippen LogP contribution in [0.5, 0.6) is 0 Å². The fourth-order valence-corrected chi connectivity index (χ4v) is 2.89. The Kier molecular flexibility index (Phi) is 5.72. The highest BCUT2D eigenvalue weighted by Gasteiger charge is 2.16. The monoisotopic (exact) mass is 277 g/mol. The first-order chi connectivity index (χ1) is 9.66. The van der Waals surface area contributed by atoms with Crippen molar-refractivity contribution in [1.29, 1.82) is 0 Å². The standard InChI is InChI=1S/C17H24FNO/c1-14-6-3-2-4-12-19(14)13-5-7-17(20)15-8-10-16(18)11-9-15/h8-11,14H,2-7,12-13H2,1H3. The lowest BCUT2D eigenvalue weighted by Crippen LogP contribution is -2.33. The Hall–Kier alpha value is -1.22. The van der Waals surface area contributed by atoms with Crippen LogP contribution in [0.25, 0.3) is 0 Å². The summed E-state index contributed by atoms with van der Waals surface area (Å²) in [6.07, 6.45) is 6.64. The zero-order chi connectivity index (χ0) is 14.4. The van der Waals surface area contributed by atoms with Crippen LogP contribution >= 0.6 is 0 Å². The summed E-state index contributed by atoms with van der Waals surface area (Å²) in [5, 5.41) is 0. The molecule has 1 saturated heterocycles. The van der Waals surface area contributed by atoms with Crippen molar-refractivity contribution >= 4 is 5.78 Å². The summed E-state index contributed by atoms with van der Waals surface area (Å²) in [7, 11) is 0. The number of likely N-dealkylation sites (tertiary alicyclic amines) is 1. The fourth-order valence-electron chi connectivity index (χ4n) is 2.89. The van der Waals surface area contributed by atoms with Gasteiger partial charge in [-0.25, -0.2) is 4.39 Å². The largest absolute Gasteiger partial charge is 0.301 e. The van der Waals surface area contributed by atoms with Gasteiger partial charge in [-0.1, -0.05) is 12.8 Å². The zero-order valence-electron chi connectivity index (χ0n) is 12.3. The number of Topliss-reactive ketones (excluding diaryl/α,β-unsaturated/α-hetero) is 1. The summed E-state index contributed by atoms with van der Waals surface area (Å²) in [4.78, 5) is 14.5. The third kappa shape index (κ3) is 4.41. The van der Waals surface area contributed by atoms with Crippen LogP contribution in [0.1, 0.15) is 55.8 Å². The van der Waals surface area contributed by atoms with E-state index in [2.05, 4.69) is 11.8 Å². The summed E-state index contributed by atoms with van der Waals surface area (Å²) in [6, 6.07) is 6.49. The molecule has 0 spiro atoms. The van der Waals surface area contributed by atoms with Crippen molar-refractivity contribution in [2.75, 3.05) is 13.1 Å². The minimum atomic E-state index is -0.292. The van der Waals surface area contributed by atoms with E-state index in [-0.39, 0.29) is 11.6 Å². The Morgan fingerprint density at radius 3 is 2.75 bits per heavy atom. The van der Waals surface area contributed by atoms with Gasteiger partial charge in [0.15, 0.2) is 5.78 Å². The number of rotatable bonds is 5. The lowest BCUT2D eigenvalue weighted by atomic mass is 10.1. The molecule has 1 heterocycles. The van der Waals surface area contributed by atoms with E-state index in [9.17, 15) is 9.18 Å². The minimum Gasteiger partial charge on any atom is -0.301 e. The molecule has 20 heavy (non-hydrogen) atoms. The number of benzene rings is 1. The molecule has 0 amide bonds. The molecule has 110 valence electrons. The van der Waals surface area contributed by atoms with Crippen molar-refractivity contribution < 1.29 is 9.18 Å². The number of hydrogen-bond acceptors (Lipinski definition) is 2. The molecule has 0 aliphatic carbocycles. The molecular weight excluding hydrogens is 253 g/mol. The van der Waals surface area contributed by atoms with Gasteiger partial charge in [-0.05, 0) is 63.5 Å². The summed E-state index contributed by atoms with van der Waals surface area (Å²) >= 11 is 0. The number of ketones is 1. The van der Waals surface area contributed by atoms with Crippen LogP contribution in [0.15, 0.2) is 24.3 Å². The number of hydrogen-bond donors (Lipinski definition) is 0. The average Bonchev–Trinajstić information content (AvgIpc) is 2.65. The number of carbonyl (C=O) groups excluding carboxylic acids is 1. The fraction of sp³-hybridized carbons (Fsp3) is 0.588. The predicted molar refractivity (Wildman–Crippen MR) is 79.5 cm³/mol. The molecule has 0 saturated carbocycles. The summed E-state index contributed by atoms with van der Waals surface area (Å²) in [6.45, 7) is 4.44. The Morgan fingerprint density at radius 1 is 1.25 bits per heavy atom. The summed E-state index contributed by atoms with van der Waals surface area (Å²) < 4.78 is 12.8. The van der Waals surface area contributed by atoms with Crippen LogP contribution in [0.3, 0.4) is 0 Å². The molecule has 1 aliphatic heterocycles. The van der Waals surface area contributed by atoms with Gasteiger partial charge < -0.3 is 4.90 Å². The van der Waals surface area contributed by atoms with Gasteiger partial charge in [-0.3, -0.25) is 4.79 Å². The van der Waals surface area contributed by atoms with Gasteiger partial charge in [0.2, 0.25) is 0 Å². The third-order valence-corrected chi connectivity index (χ3v) is 4.21. The van der Waals surface area contributed by atoms with Gasteiger partial charge in [-0.15, -0.1) is 0 Å². The molecule has 1 unspecified atom stereocenters. The zero-order valence-corrected chi connectivity index (χ0v) is 12.3. The molecule has 2 nitrogen and oxygen atoms in total. The second-order valence-electron chi connectivity index (χ2n) is 5.77. The number of carbonyl (C=O) groups is 1. The van der Waals surface area contributed by atoms with Crippen LogP contribution in [-0.2, 0) is 0 Å². The van der Waals surface area contributed by atoms with Crippen molar-refractivity contribution in [1.82, 2.24) is 4.90 Å². The van der Waals surface area contributed by atoms with Crippen molar-refractivity contribution in [2.24, 2.45) is 0 Å². The van der Waals surface area contributed by atoms with Crippen LogP contribution in [0.4, 0.5) is 4.39 Å². The molecule has 1 aromatic carbocycles. The van der Waals surface area contributed by atoms with Gasteiger partial charge in [0.25, 0.3) is 0 Å². The number of halogens is 1. The van der Waals surface area contributed by atoms with Crippen molar-refractivity contribution in [2.45, 2.75) is 51.5 Å². The predicted octanol–water partition coefficient (Wildman–Crippen LogP) is 4.05. The number of nitrogens with zero attached hydrogens (tertiary/aromatic N) is 1. The minimum absolute atomic E-state index is 0.118. The summed E-state index contributed by atoms with van der Waals surface area (Å²) in [5.74, 6) is -0.174. The normalized spacial score (nSPS) is 20.6. The van der Waals surface area contributed by atoms with E-state index in [4.69, 9.17) is 0 Å². The Morgan fingerprint density at radius 2 is 2.00 bits per heavy atom. The quantitative estimate of drug-likeness (QED) is 0.757. The van der Waals surface area contributed by atoms with E-state index in [1.807, 2.05) is 0 Å². The highest BCUT2D eigenvalue weighted by atomic mass is 19.1. The first-order valence-corrected chi connectivity index (χ1v) is 7.69. The molecule has 3 heteroatoms. The SMILES string of the molecule is CC1CCCCCN1CCCC(=O)c1ccc(F)cc1. The smallest absolute Gasteiger partial charge is 0.162 e. The average molecular weight is 277 g/mol. The molecule has 1 atom stereocenters. The first kappa shape index (κ1) is 15.2. The van der Waals surface area contributed by atoms with E-state index < -0.39 is 0 Å². The van der Waals surface area contributed by atoms with Gasteiger partial charge in [0, 0.05) is 18.0 Å². The molecule has 1 aliphatic rings. The topological polar surface area (TPSA) is 20.3 Å². The molecule has 0 aromatic heterocycles. The highest BCUT2D eigenvalue weighted by molar-refractivity contribution is 5.95. The lowest BCUT2D eigenvalue weighted by molar-refractivity contribution is 0.0971. The van der Waals surface area contributed by atoms with Crippen LogP contribution in [0.2, 0.25) is 0 Å². The maximum absolute atomic E-state index is 12.8. The Bertz CT molecular complexity index is 429. The van der Waals surface area contributed by atoms with Crippen molar-refractivity contribution in [3.05, 3.63) is 35.6 Å². The van der Waals surface area contributed by atoms with Crippen LogP contribution in [-0.4, -0.2) is 29.8 Å². The van der Waals surface area contributed by atoms with E-state index in [1.54, 1.807) is 12.1 Å². The molecule has 0 N–H and O–H groups in total. The van der Waals surface area contributed by atoms with Gasteiger partial charge in [0.1, 0.15) is 5.82 Å². The Balaban J connectivity index is 1.77. The van der Waals surface area contributed by atoms with E-state index in [0.717, 1.165) is 19.5 Å². The van der Waals surface area contributed by atoms with Crippen molar-refractivity contribution in [3.63, 3.8) is 0 Å².